The Labute approximate surface area is 189 Å². The number of carbonyl (C=O) groups is 1. The van der Waals surface area contributed by atoms with Crippen LogP contribution in [0.2, 0.25) is 10.0 Å². The Bertz CT molecular complexity index is 1180. The molecule has 0 aromatic heterocycles. The van der Waals surface area contributed by atoms with Crippen molar-refractivity contribution in [2.75, 3.05) is 0 Å². The van der Waals surface area contributed by atoms with E-state index in [1.807, 2.05) is 0 Å². The summed E-state index contributed by atoms with van der Waals surface area (Å²) in [5, 5.41) is 5.24. The molecule has 168 valence electrons. The van der Waals surface area contributed by atoms with E-state index in [9.17, 15) is 22.4 Å². The Kier molecular flexibility index (Phi) is 5.58. The maximum Gasteiger partial charge on any atom is 0.435 e. The van der Waals surface area contributed by atoms with Gasteiger partial charge in [-0.05, 0) is 18.2 Å². The molecule has 1 amide bonds. The minimum absolute atomic E-state index is 0.0105. The van der Waals surface area contributed by atoms with Crippen molar-refractivity contribution in [2.45, 2.75) is 31.7 Å². The van der Waals surface area contributed by atoms with Crippen molar-refractivity contribution in [3.63, 3.8) is 0 Å². The molecule has 5 nitrogen and oxygen atoms in total. The fourth-order valence-corrected chi connectivity index (χ4v) is 4.05. The lowest BCUT2D eigenvalue weighted by Gasteiger charge is -2.29. The zero-order valence-electron chi connectivity index (χ0n) is 16.3. The third-order valence-electron chi connectivity index (χ3n) is 5.17. The number of carbonyl (C=O) groups excluding carboxylic acids is 1. The number of fused-ring (bicyclic) bond motifs is 1. The first kappa shape index (κ1) is 22.4. The Balaban J connectivity index is 1.72. The molecule has 32 heavy (non-hydrogen) atoms. The molecule has 0 radical (unpaired) electrons. The minimum atomic E-state index is -4.91. The zero-order valence-corrected chi connectivity index (χ0v) is 17.8. The van der Waals surface area contributed by atoms with E-state index in [2.05, 4.69) is 10.5 Å². The van der Waals surface area contributed by atoms with E-state index >= 15 is 0 Å². The van der Waals surface area contributed by atoms with Crippen LogP contribution in [0.15, 0.2) is 46.2 Å². The van der Waals surface area contributed by atoms with E-state index in [4.69, 9.17) is 32.5 Å². The van der Waals surface area contributed by atoms with Crippen LogP contribution in [-0.2, 0) is 21.8 Å². The third-order valence-corrected chi connectivity index (χ3v) is 5.72. The molecule has 1 aliphatic carbocycles. The molecule has 0 spiro atoms. The summed E-state index contributed by atoms with van der Waals surface area (Å²) in [5.41, 5.74) is -1.83. The Morgan fingerprint density at radius 2 is 1.88 bits per heavy atom. The van der Waals surface area contributed by atoms with E-state index < -0.39 is 39.6 Å². The lowest BCUT2D eigenvalue weighted by Crippen LogP contribution is -2.42. The van der Waals surface area contributed by atoms with Crippen LogP contribution < -0.4 is 5.32 Å². The molecule has 4 rings (SSSR count). The molecule has 3 aliphatic rings. The smallest absolute Gasteiger partial charge is 0.435 e. The monoisotopic (exact) mass is 488 g/mol. The minimum Gasteiger partial charge on any atom is -0.464 e. The molecule has 1 aromatic rings. The van der Waals surface area contributed by atoms with Crippen LogP contribution in [0.25, 0.3) is 11.3 Å². The second-order valence-electron chi connectivity index (χ2n) is 7.23. The number of benzene rings is 1. The van der Waals surface area contributed by atoms with E-state index in [-0.39, 0.29) is 18.2 Å². The van der Waals surface area contributed by atoms with Crippen molar-refractivity contribution in [2.24, 2.45) is 5.16 Å². The van der Waals surface area contributed by atoms with Gasteiger partial charge in [0.25, 0.3) is 5.60 Å². The highest BCUT2D eigenvalue weighted by Crippen LogP contribution is 2.50. The standard InChI is InChI=1S/C21H14Cl2F4N2O3/c1-10(30)28-9-11-2-3-14-13(4-5-31-19(11)14)17-8-20(32-29-17,21(25,26)27)12-6-15(22)18(24)16(23)7-12/h2-7H,8-9H2,1H3,(H,28,30). The molecular weight excluding hydrogens is 475 g/mol. The SMILES string of the molecule is CC(=O)NCc1ccc2c(C3=NOC(c4cc(Cl)c(F)c(Cl)c4)(C(F)(F)F)C3)ccoc1-2. The summed E-state index contributed by atoms with van der Waals surface area (Å²) >= 11 is 11.5. The van der Waals surface area contributed by atoms with Crippen molar-refractivity contribution in [3.8, 4) is 11.3 Å². The van der Waals surface area contributed by atoms with E-state index in [1.165, 1.54) is 19.3 Å². The van der Waals surface area contributed by atoms with Crippen molar-refractivity contribution in [3.05, 3.63) is 69.1 Å². The first-order valence-corrected chi connectivity index (χ1v) is 10.00. The quantitative estimate of drug-likeness (QED) is 0.359. The highest BCUT2D eigenvalue weighted by atomic mass is 35.5. The molecule has 2 heterocycles. The van der Waals surface area contributed by atoms with Gasteiger partial charge in [0.1, 0.15) is 5.76 Å². The number of oxime groups is 1. The van der Waals surface area contributed by atoms with Crippen molar-refractivity contribution in [1.29, 1.82) is 0 Å². The van der Waals surface area contributed by atoms with Gasteiger partial charge in [0.15, 0.2) is 5.82 Å². The molecule has 0 bridgehead atoms. The molecular formula is C21H14Cl2F4N2O3. The van der Waals surface area contributed by atoms with Gasteiger partial charge >= 0.3 is 6.18 Å². The van der Waals surface area contributed by atoms with Gasteiger partial charge in [0.2, 0.25) is 5.91 Å². The van der Waals surface area contributed by atoms with Gasteiger partial charge in [0, 0.05) is 42.1 Å². The zero-order chi connectivity index (χ0) is 23.3. The molecule has 1 aromatic carbocycles. The first-order valence-electron chi connectivity index (χ1n) is 9.24. The molecule has 0 saturated carbocycles. The molecule has 1 N–H and O–H groups in total. The third kappa shape index (κ3) is 3.69. The summed E-state index contributed by atoms with van der Waals surface area (Å²) in [7, 11) is 0. The average Bonchev–Trinajstić information content (AvgIpc) is 3.35. The van der Waals surface area contributed by atoms with E-state index in [0.29, 0.717) is 22.5 Å². The van der Waals surface area contributed by atoms with Crippen LogP contribution in [0, 0.1) is 5.82 Å². The predicted molar refractivity (Wildman–Crippen MR) is 109 cm³/mol. The largest absolute Gasteiger partial charge is 0.464 e. The summed E-state index contributed by atoms with van der Waals surface area (Å²) in [4.78, 5) is 16.2. The lowest BCUT2D eigenvalue weighted by atomic mass is 9.86. The number of nitrogens with zero attached hydrogens (tertiary/aromatic N) is 1. The topological polar surface area (TPSA) is 63.8 Å². The lowest BCUT2D eigenvalue weighted by molar-refractivity contribution is -0.275. The summed E-state index contributed by atoms with van der Waals surface area (Å²) < 4.78 is 62.0. The highest BCUT2D eigenvalue weighted by Gasteiger charge is 2.62. The number of alkyl halides is 3. The average molecular weight is 489 g/mol. The number of nitrogens with one attached hydrogen (secondary N) is 1. The molecule has 2 aliphatic heterocycles. The van der Waals surface area contributed by atoms with Gasteiger partial charge in [-0.2, -0.15) is 13.2 Å². The van der Waals surface area contributed by atoms with Crippen molar-refractivity contribution < 1.29 is 31.6 Å². The fourth-order valence-electron chi connectivity index (χ4n) is 3.57. The van der Waals surface area contributed by atoms with Gasteiger partial charge in [-0.3, -0.25) is 4.79 Å². The normalized spacial score (nSPS) is 18.5. The summed E-state index contributed by atoms with van der Waals surface area (Å²) in [5.74, 6) is -0.865. The number of hydrogen-bond acceptors (Lipinski definition) is 4. The van der Waals surface area contributed by atoms with Gasteiger partial charge < -0.3 is 14.6 Å². The number of hydrogen-bond donors (Lipinski definition) is 1. The summed E-state index contributed by atoms with van der Waals surface area (Å²) in [6.07, 6.45) is -4.29. The predicted octanol–water partition coefficient (Wildman–Crippen LogP) is 6.05. The molecule has 1 unspecified atom stereocenters. The van der Waals surface area contributed by atoms with Gasteiger partial charge in [0.05, 0.1) is 22.0 Å². The molecule has 11 heteroatoms. The second kappa shape index (κ2) is 7.97. The Morgan fingerprint density at radius 1 is 1.19 bits per heavy atom. The van der Waals surface area contributed by atoms with E-state index in [1.54, 1.807) is 12.1 Å². The molecule has 1 atom stereocenters. The highest BCUT2D eigenvalue weighted by molar-refractivity contribution is 6.35. The maximum atomic E-state index is 14.2. The van der Waals surface area contributed by atoms with Gasteiger partial charge in [-0.15, -0.1) is 0 Å². The van der Waals surface area contributed by atoms with Crippen LogP contribution >= 0.6 is 23.2 Å². The van der Waals surface area contributed by atoms with Crippen molar-refractivity contribution in [1.82, 2.24) is 5.32 Å². The van der Waals surface area contributed by atoms with Crippen molar-refractivity contribution >= 4 is 34.8 Å². The second-order valence-corrected chi connectivity index (χ2v) is 8.04. The fraction of sp³-hybridized carbons (Fsp3) is 0.238. The van der Waals surface area contributed by atoms with Crippen LogP contribution in [0.5, 0.6) is 0 Å². The number of halogens is 6. The molecule has 0 saturated heterocycles. The number of amides is 1. The number of rotatable bonds is 4. The maximum absolute atomic E-state index is 14.2. The van der Waals surface area contributed by atoms with Crippen LogP contribution in [0.3, 0.4) is 0 Å². The first-order chi connectivity index (χ1) is 15.0. The van der Waals surface area contributed by atoms with Crippen LogP contribution in [-0.4, -0.2) is 17.8 Å². The van der Waals surface area contributed by atoms with Crippen LogP contribution in [0.4, 0.5) is 17.6 Å². The Morgan fingerprint density at radius 3 is 2.50 bits per heavy atom. The van der Waals surface area contributed by atoms with E-state index in [0.717, 1.165) is 12.1 Å². The van der Waals surface area contributed by atoms with Gasteiger partial charge in [-0.25, -0.2) is 4.39 Å². The summed E-state index contributed by atoms with van der Waals surface area (Å²) in [6, 6.07) is 6.49. The Hall–Kier alpha value is -2.78. The van der Waals surface area contributed by atoms with Crippen LogP contribution in [0.1, 0.15) is 30.0 Å². The molecule has 0 fully saturated rings. The summed E-state index contributed by atoms with van der Waals surface area (Å²) in [6.45, 7) is 1.55. The van der Waals surface area contributed by atoms with Gasteiger partial charge in [-0.1, -0.05) is 40.5 Å².